The van der Waals surface area contributed by atoms with Crippen LogP contribution in [0.4, 0.5) is 0 Å². The Bertz CT molecular complexity index is 3010. The van der Waals surface area contributed by atoms with Gasteiger partial charge in [-0.15, -0.1) is 0 Å². The number of nitrogens with one attached hydrogen (secondary N) is 1. The lowest BCUT2D eigenvalue weighted by atomic mass is 9.86. The fraction of sp³-hybridized carbons (Fsp3) is 0. The fourth-order valence-corrected chi connectivity index (χ4v) is 7.60. The van der Waals surface area contributed by atoms with Gasteiger partial charge in [0.1, 0.15) is 5.71 Å². The third-order valence-corrected chi connectivity index (χ3v) is 10.5. The standard InChI is InChI=1S/C53H35N5O/c54-34-35-13-11-19-41(31-35)44-22-8-10-24-48(44)53-56-49(39-16-5-2-6-17-39)33-50(57-53)47-23-9-7-21-43(47)42-20-12-18-40(32-42)36-25-27-38(28-26-36)46-30-29-45(51(55)52(46)58-59)37-14-3-1-4-15-37/h1-33,55,59H/b55-51?,58-52-. The van der Waals surface area contributed by atoms with E-state index in [4.69, 9.17) is 15.4 Å². The normalized spacial score (nSPS) is 13.1. The summed E-state index contributed by atoms with van der Waals surface area (Å²) in [7, 11) is 0. The first-order chi connectivity index (χ1) is 29.1. The van der Waals surface area contributed by atoms with Gasteiger partial charge in [0.15, 0.2) is 5.82 Å². The minimum Gasteiger partial charge on any atom is -0.410 e. The average molecular weight is 758 g/mol. The Kier molecular flexibility index (Phi) is 9.91. The molecular weight excluding hydrogens is 723 g/mol. The molecule has 1 aromatic heterocycles. The van der Waals surface area contributed by atoms with Crippen LogP contribution < -0.4 is 0 Å². The largest absolute Gasteiger partial charge is 0.410 e. The fourth-order valence-electron chi connectivity index (χ4n) is 7.60. The Balaban J connectivity index is 1.09. The number of hydrogen-bond acceptors (Lipinski definition) is 6. The Morgan fingerprint density at radius 1 is 0.441 bits per heavy atom. The van der Waals surface area contributed by atoms with Crippen molar-refractivity contribution in [3.63, 3.8) is 0 Å². The number of nitriles is 1. The summed E-state index contributed by atoms with van der Waals surface area (Å²) in [5, 5.41) is 32.1. The maximum atomic E-state index is 10.0. The monoisotopic (exact) mass is 757 g/mol. The van der Waals surface area contributed by atoms with Gasteiger partial charge in [-0.1, -0.05) is 181 Å². The maximum absolute atomic E-state index is 10.0. The summed E-state index contributed by atoms with van der Waals surface area (Å²) in [6.07, 6.45) is 3.82. The molecule has 0 saturated heterocycles. The summed E-state index contributed by atoms with van der Waals surface area (Å²) in [5.41, 5.74) is 14.5. The molecule has 0 aliphatic heterocycles. The molecule has 1 heterocycles. The average Bonchev–Trinajstić information content (AvgIpc) is 3.32. The first-order valence-corrected chi connectivity index (χ1v) is 19.2. The van der Waals surface area contributed by atoms with Crippen LogP contribution in [0.2, 0.25) is 0 Å². The Morgan fingerprint density at radius 2 is 0.949 bits per heavy atom. The van der Waals surface area contributed by atoms with Crippen LogP contribution in [0, 0.1) is 16.7 Å². The van der Waals surface area contributed by atoms with E-state index in [2.05, 4.69) is 78.0 Å². The number of oxime groups is 1. The topological polar surface area (TPSA) is 106 Å². The molecular formula is C53H35N5O. The predicted molar refractivity (Wildman–Crippen MR) is 239 cm³/mol. The summed E-state index contributed by atoms with van der Waals surface area (Å²) < 4.78 is 0. The van der Waals surface area contributed by atoms with Gasteiger partial charge in [0.25, 0.3) is 0 Å². The number of benzene rings is 7. The molecule has 1 aliphatic carbocycles. The first kappa shape index (κ1) is 36.4. The molecule has 0 spiro atoms. The summed E-state index contributed by atoms with van der Waals surface area (Å²) in [6, 6.07) is 64.8. The second-order valence-electron chi connectivity index (χ2n) is 14.1. The Morgan fingerprint density at radius 3 is 1.64 bits per heavy atom. The van der Waals surface area contributed by atoms with Crippen molar-refractivity contribution in [3.8, 4) is 73.4 Å². The van der Waals surface area contributed by atoms with Crippen LogP contribution in [0.25, 0.3) is 78.4 Å². The van der Waals surface area contributed by atoms with E-state index in [1.165, 1.54) is 0 Å². The number of rotatable bonds is 8. The quantitative estimate of drug-likeness (QED) is 0.0914. The van der Waals surface area contributed by atoms with E-state index in [0.717, 1.165) is 72.6 Å². The highest BCUT2D eigenvalue weighted by Gasteiger charge is 2.24. The van der Waals surface area contributed by atoms with Gasteiger partial charge in [0.05, 0.1) is 28.7 Å². The molecule has 0 atom stereocenters. The number of hydrogen-bond donors (Lipinski definition) is 2. The molecule has 7 aromatic carbocycles. The zero-order valence-corrected chi connectivity index (χ0v) is 31.8. The Hall–Kier alpha value is -8.27. The molecule has 6 heteroatoms. The molecule has 8 aromatic rings. The number of allylic oxidation sites excluding steroid dienone is 4. The van der Waals surface area contributed by atoms with Crippen LogP contribution in [0.15, 0.2) is 205 Å². The van der Waals surface area contributed by atoms with Gasteiger partial charge >= 0.3 is 0 Å². The Labute approximate surface area is 342 Å². The summed E-state index contributed by atoms with van der Waals surface area (Å²) in [6.45, 7) is 0. The molecule has 0 saturated carbocycles. The van der Waals surface area contributed by atoms with Crippen molar-refractivity contribution in [2.75, 3.05) is 0 Å². The molecule has 9 rings (SSSR count). The third kappa shape index (κ3) is 7.28. The molecule has 0 radical (unpaired) electrons. The van der Waals surface area contributed by atoms with Crippen LogP contribution in [-0.4, -0.2) is 26.6 Å². The van der Waals surface area contributed by atoms with E-state index in [1.807, 2.05) is 133 Å². The lowest BCUT2D eigenvalue weighted by molar-refractivity contribution is 0.321. The second kappa shape index (κ2) is 16.1. The minimum absolute atomic E-state index is 0.174. The molecule has 0 bridgehead atoms. The molecule has 0 fully saturated rings. The SMILES string of the molecule is N#Cc1cccc(-c2ccccc2-c2nc(-c3ccccc3)cc(-c3ccccc3-c3cccc(-c4ccc(C5=CC=C(c6ccccc6)C(=N)/C5=N\O)cc4)c3)n2)c1. The second-order valence-corrected chi connectivity index (χ2v) is 14.1. The molecule has 0 unspecified atom stereocenters. The molecule has 59 heavy (non-hydrogen) atoms. The van der Waals surface area contributed by atoms with E-state index < -0.39 is 0 Å². The van der Waals surface area contributed by atoms with Gasteiger partial charge in [-0.3, -0.25) is 5.41 Å². The first-order valence-electron chi connectivity index (χ1n) is 19.2. The molecule has 0 amide bonds. The highest BCUT2D eigenvalue weighted by Crippen LogP contribution is 2.38. The van der Waals surface area contributed by atoms with Crippen molar-refractivity contribution in [1.29, 1.82) is 10.7 Å². The minimum atomic E-state index is 0.174. The third-order valence-electron chi connectivity index (χ3n) is 10.5. The van der Waals surface area contributed by atoms with Crippen LogP contribution in [-0.2, 0) is 0 Å². The van der Waals surface area contributed by atoms with Crippen molar-refractivity contribution in [2.24, 2.45) is 5.16 Å². The van der Waals surface area contributed by atoms with Gasteiger partial charge < -0.3 is 5.21 Å². The summed E-state index contributed by atoms with van der Waals surface area (Å²) in [4.78, 5) is 10.4. The predicted octanol–water partition coefficient (Wildman–Crippen LogP) is 12.7. The zero-order valence-electron chi connectivity index (χ0n) is 31.8. The van der Waals surface area contributed by atoms with E-state index in [1.54, 1.807) is 0 Å². The maximum Gasteiger partial charge on any atom is 0.161 e. The zero-order chi connectivity index (χ0) is 40.1. The van der Waals surface area contributed by atoms with Crippen LogP contribution >= 0.6 is 0 Å². The highest BCUT2D eigenvalue weighted by molar-refractivity contribution is 6.69. The molecule has 278 valence electrons. The lowest BCUT2D eigenvalue weighted by Crippen LogP contribution is -2.19. The van der Waals surface area contributed by atoms with Crippen molar-refractivity contribution < 1.29 is 5.21 Å². The van der Waals surface area contributed by atoms with Crippen LogP contribution in [0.5, 0.6) is 0 Å². The number of aromatic nitrogens is 2. The van der Waals surface area contributed by atoms with Crippen LogP contribution in [0.3, 0.4) is 0 Å². The van der Waals surface area contributed by atoms with Gasteiger partial charge in [-0.05, 0) is 68.8 Å². The summed E-state index contributed by atoms with van der Waals surface area (Å²) in [5.74, 6) is 0.590. The van der Waals surface area contributed by atoms with E-state index in [9.17, 15) is 10.5 Å². The van der Waals surface area contributed by atoms with E-state index >= 15 is 0 Å². The van der Waals surface area contributed by atoms with Gasteiger partial charge in [0, 0.05) is 27.8 Å². The lowest BCUT2D eigenvalue weighted by Gasteiger charge is -2.18. The summed E-state index contributed by atoms with van der Waals surface area (Å²) >= 11 is 0. The molecule has 6 nitrogen and oxygen atoms in total. The van der Waals surface area contributed by atoms with E-state index in [-0.39, 0.29) is 11.4 Å². The smallest absolute Gasteiger partial charge is 0.161 e. The van der Waals surface area contributed by atoms with E-state index in [0.29, 0.717) is 22.5 Å². The van der Waals surface area contributed by atoms with Crippen molar-refractivity contribution in [1.82, 2.24) is 9.97 Å². The van der Waals surface area contributed by atoms with Crippen molar-refractivity contribution in [2.45, 2.75) is 0 Å². The van der Waals surface area contributed by atoms with Crippen LogP contribution in [0.1, 0.15) is 16.7 Å². The highest BCUT2D eigenvalue weighted by atomic mass is 16.4. The number of nitrogens with zero attached hydrogens (tertiary/aromatic N) is 4. The van der Waals surface area contributed by atoms with Gasteiger partial charge in [-0.25, -0.2) is 9.97 Å². The van der Waals surface area contributed by atoms with Crippen molar-refractivity contribution in [3.05, 3.63) is 217 Å². The van der Waals surface area contributed by atoms with Gasteiger partial charge in [0.2, 0.25) is 0 Å². The molecule has 2 N–H and O–H groups in total. The van der Waals surface area contributed by atoms with Gasteiger partial charge in [-0.2, -0.15) is 5.26 Å². The van der Waals surface area contributed by atoms with Crippen molar-refractivity contribution >= 4 is 22.6 Å². The molecule has 1 aliphatic rings.